The zero-order chi connectivity index (χ0) is 20.5. The Labute approximate surface area is 172 Å². The van der Waals surface area contributed by atoms with E-state index in [0.29, 0.717) is 22.9 Å². The van der Waals surface area contributed by atoms with Crippen molar-refractivity contribution in [1.82, 2.24) is 0 Å². The fourth-order valence-electron chi connectivity index (χ4n) is 2.78. The van der Waals surface area contributed by atoms with Crippen molar-refractivity contribution in [3.05, 3.63) is 71.2 Å². The highest BCUT2D eigenvalue weighted by Gasteiger charge is 2.10. The Hall–Kier alpha value is -2.59. The second kappa shape index (κ2) is 10.7. The molecule has 0 aliphatic rings. The van der Waals surface area contributed by atoms with Crippen LogP contribution < -0.4 is 11.1 Å². The van der Waals surface area contributed by atoms with Crippen molar-refractivity contribution in [2.45, 2.75) is 40.5 Å². The molecule has 4 heteroatoms. The number of allylic oxidation sites excluding steroid dienone is 4. The number of nitrogens with two attached hydrogens (primary N) is 1. The van der Waals surface area contributed by atoms with Crippen LogP contribution >= 0.6 is 11.3 Å². The molecule has 1 unspecified atom stereocenters. The molecular formula is C24H30N2OS. The van der Waals surface area contributed by atoms with Crippen molar-refractivity contribution in [2.75, 3.05) is 11.1 Å². The third-order valence-electron chi connectivity index (χ3n) is 4.81. The first-order valence-electron chi connectivity index (χ1n) is 9.72. The minimum absolute atomic E-state index is 0.159. The molecule has 2 rings (SSSR count). The van der Waals surface area contributed by atoms with Crippen molar-refractivity contribution >= 4 is 28.6 Å². The Kier molecular flexibility index (Phi) is 8.27. The summed E-state index contributed by atoms with van der Waals surface area (Å²) in [6, 6.07) is 9.80. The van der Waals surface area contributed by atoms with Gasteiger partial charge >= 0.3 is 0 Å². The van der Waals surface area contributed by atoms with Crippen LogP contribution in [0, 0.1) is 5.92 Å². The van der Waals surface area contributed by atoms with Crippen LogP contribution in [0.15, 0.2) is 71.2 Å². The molecule has 0 aliphatic heterocycles. The number of hydrogen-bond donors (Lipinski definition) is 2. The summed E-state index contributed by atoms with van der Waals surface area (Å²) in [6.07, 6.45) is 10.00. The van der Waals surface area contributed by atoms with E-state index in [1.807, 2.05) is 61.7 Å². The molecule has 28 heavy (non-hydrogen) atoms. The minimum atomic E-state index is -0.159. The quantitative estimate of drug-likeness (QED) is 0.293. The summed E-state index contributed by atoms with van der Waals surface area (Å²) in [5, 5.41) is 4.99. The van der Waals surface area contributed by atoms with E-state index in [1.54, 1.807) is 11.3 Å². The third-order valence-corrected chi connectivity index (χ3v) is 5.73. The fraction of sp³-hybridized carbons (Fsp3) is 0.292. The van der Waals surface area contributed by atoms with Gasteiger partial charge in [-0.25, -0.2) is 0 Å². The predicted octanol–water partition coefficient (Wildman–Crippen LogP) is 6.82. The standard InChI is InChI=1S/C24H30N2OS/c1-5-17(4)15-18(6-2)10-11-19(7-3)24(27)26-22-16-20(12-13-21(22)25)23-9-8-14-28-23/h6-14,16-17H,5,15,25H2,1-4H3,(H,26,27)/b11-10-,18-6+,19-7+. The normalized spacial score (nSPS) is 13.7. The maximum atomic E-state index is 12.8. The van der Waals surface area contributed by atoms with Crippen LogP contribution in [-0.2, 0) is 4.79 Å². The molecule has 1 aromatic heterocycles. The minimum Gasteiger partial charge on any atom is -0.397 e. The van der Waals surface area contributed by atoms with Crippen molar-refractivity contribution in [2.24, 2.45) is 5.92 Å². The molecule has 0 saturated heterocycles. The van der Waals surface area contributed by atoms with E-state index in [4.69, 9.17) is 5.73 Å². The van der Waals surface area contributed by atoms with E-state index >= 15 is 0 Å². The molecule has 0 radical (unpaired) electrons. The van der Waals surface area contributed by atoms with Gasteiger partial charge in [0.25, 0.3) is 5.91 Å². The highest BCUT2D eigenvalue weighted by molar-refractivity contribution is 7.13. The van der Waals surface area contributed by atoms with Crippen LogP contribution in [0.25, 0.3) is 10.4 Å². The smallest absolute Gasteiger partial charge is 0.255 e. The topological polar surface area (TPSA) is 55.1 Å². The molecule has 1 amide bonds. The molecule has 1 aromatic carbocycles. The summed E-state index contributed by atoms with van der Waals surface area (Å²) in [5.41, 5.74) is 10.2. The number of thiophene rings is 1. The number of carbonyl (C=O) groups excluding carboxylic acids is 1. The number of anilines is 2. The number of rotatable bonds is 8. The number of carbonyl (C=O) groups is 1. The highest BCUT2D eigenvalue weighted by atomic mass is 32.1. The lowest BCUT2D eigenvalue weighted by Crippen LogP contribution is -2.14. The number of amides is 1. The lowest BCUT2D eigenvalue weighted by Gasteiger charge is -2.11. The average molecular weight is 395 g/mol. The Morgan fingerprint density at radius 2 is 2.00 bits per heavy atom. The van der Waals surface area contributed by atoms with Gasteiger partial charge in [0, 0.05) is 10.5 Å². The van der Waals surface area contributed by atoms with E-state index in [9.17, 15) is 4.79 Å². The van der Waals surface area contributed by atoms with Crippen LogP contribution in [0.4, 0.5) is 11.4 Å². The Bertz CT molecular complexity index is 876. The van der Waals surface area contributed by atoms with Crippen LogP contribution in [0.5, 0.6) is 0 Å². The van der Waals surface area contributed by atoms with Crippen LogP contribution in [-0.4, -0.2) is 5.91 Å². The first-order valence-corrected chi connectivity index (χ1v) is 10.6. The van der Waals surface area contributed by atoms with E-state index in [0.717, 1.165) is 23.3 Å². The average Bonchev–Trinajstić information content (AvgIpc) is 3.23. The SMILES string of the molecule is C\C=C(/C=C\C(=C/C)C(=O)Nc1cc(-c2cccs2)ccc1N)CC(C)CC. The van der Waals surface area contributed by atoms with Crippen LogP contribution in [0.2, 0.25) is 0 Å². The predicted molar refractivity (Wildman–Crippen MR) is 124 cm³/mol. The maximum absolute atomic E-state index is 12.8. The van der Waals surface area contributed by atoms with E-state index in [-0.39, 0.29) is 5.91 Å². The summed E-state index contributed by atoms with van der Waals surface area (Å²) in [5.74, 6) is 0.464. The number of hydrogen-bond acceptors (Lipinski definition) is 3. The highest BCUT2D eigenvalue weighted by Crippen LogP contribution is 2.30. The van der Waals surface area contributed by atoms with Gasteiger partial charge in [-0.2, -0.15) is 0 Å². The molecule has 3 nitrogen and oxygen atoms in total. The molecule has 0 fully saturated rings. The van der Waals surface area contributed by atoms with Gasteiger partial charge < -0.3 is 11.1 Å². The number of nitrogen functional groups attached to an aromatic ring is 1. The second-order valence-corrected chi connectivity index (χ2v) is 7.84. The molecule has 0 saturated carbocycles. The molecular weight excluding hydrogens is 364 g/mol. The lowest BCUT2D eigenvalue weighted by atomic mass is 9.98. The summed E-state index contributed by atoms with van der Waals surface area (Å²) < 4.78 is 0. The van der Waals surface area contributed by atoms with Gasteiger partial charge in [-0.05, 0) is 61.4 Å². The van der Waals surface area contributed by atoms with E-state index in [2.05, 4.69) is 31.3 Å². The lowest BCUT2D eigenvalue weighted by molar-refractivity contribution is -0.112. The van der Waals surface area contributed by atoms with E-state index in [1.165, 1.54) is 5.57 Å². The monoisotopic (exact) mass is 394 g/mol. The van der Waals surface area contributed by atoms with Crippen molar-refractivity contribution in [1.29, 1.82) is 0 Å². The van der Waals surface area contributed by atoms with Crippen LogP contribution in [0.1, 0.15) is 40.5 Å². The summed E-state index contributed by atoms with van der Waals surface area (Å²) in [7, 11) is 0. The Balaban J connectivity index is 2.14. The molecule has 3 N–H and O–H groups in total. The van der Waals surface area contributed by atoms with Crippen LogP contribution in [0.3, 0.4) is 0 Å². The van der Waals surface area contributed by atoms with Crippen molar-refractivity contribution in [3.63, 3.8) is 0 Å². The number of benzene rings is 1. The van der Waals surface area contributed by atoms with Gasteiger partial charge in [-0.15, -0.1) is 11.3 Å². The molecule has 2 aromatic rings. The summed E-state index contributed by atoms with van der Waals surface area (Å²) >= 11 is 1.66. The maximum Gasteiger partial charge on any atom is 0.255 e. The van der Waals surface area contributed by atoms with Crippen molar-refractivity contribution < 1.29 is 4.79 Å². The first kappa shape index (κ1) is 21.7. The molecule has 0 spiro atoms. The van der Waals surface area contributed by atoms with Gasteiger partial charge in [0.05, 0.1) is 11.4 Å². The summed E-state index contributed by atoms with van der Waals surface area (Å²) in [4.78, 5) is 13.9. The van der Waals surface area contributed by atoms with Gasteiger partial charge in [-0.3, -0.25) is 4.79 Å². The molecule has 1 heterocycles. The molecule has 148 valence electrons. The third kappa shape index (κ3) is 5.96. The van der Waals surface area contributed by atoms with Crippen molar-refractivity contribution in [3.8, 4) is 10.4 Å². The first-order chi connectivity index (χ1) is 13.5. The molecule has 1 atom stereocenters. The zero-order valence-corrected chi connectivity index (χ0v) is 18.0. The second-order valence-electron chi connectivity index (χ2n) is 6.89. The molecule has 0 aliphatic carbocycles. The van der Waals surface area contributed by atoms with Gasteiger partial charge in [0.2, 0.25) is 0 Å². The Morgan fingerprint density at radius 3 is 2.61 bits per heavy atom. The zero-order valence-electron chi connectivity index (χ0n) is 17.2. The Morgan fingerprint density at radius 1 is 1.21 bits per heavy atom. The molecule has 0 bridgehead atoms. The summed E-state index contributed by atoms with van der Waals surface area (Å²) in [6.45, 7) is 8.34. The number of nitrogens with one attached hydrogen (secondary N) is 1. The largest absolute Gasteiger partial charge is 0.397 e. The van der Waals surface area contributed by atoms with Gasteiger partial charge in [0.1, 0.15) is 0 Å². The fourth-order valence-corrected chi connectivity index (χ4v) is 3.51. The van der Waals surface area contributed by atoms with Gasteiger partial charge in [0.15, 0.2) is 0 Å². The van der Waals surface area contributed by atoms with Gasteiger partial charge in [-0.1, -0.05) is 56.2 Å². The van der Waals surface area contributed by atoms with E-state index < -0.39 is 0 Å².